The molecule has 18 heavy (non-hydrogen) atoms. The van der Waals surface area contributed by atoms with E-state index in [0.29, 0.717) is 10.9 Å². The van der Waals surface area contributed by atoms with Crippen LogP contribution in [-0.2, 0) is 11.2 Å². The molecule has 0 bridgehead atoms. The highest BCUT2D eigenvalue weighted by molar-refractivity contribution is 9.09. The first kappa shape index (κ1) is 15.1. The third-order valence-electron chi connectivity index (χ3n) is 2.51. The zero-order valence-electron chi connectivity index (χ0n) is 9.51. The number of rotatable bonds is 6. The molecule has 3 N–H and O–H groups in total. The van der Waals surface area contributed by atoms with Crippen LogP contribution in [-0.4, -0.2) is 32.7 Å². The maximum atomic E-state index is 13.7. The van der Waals surface area contributed by atoms with Crippen LogP contribution in [0.3, 0.4) is 0 Å². The molecule has 2 atom stereocenters. The third kappa shape index (κ3) is 4.04. The molecule has 0 aromatic heterocycles. The Kier molecular flexibility index (Phi) is 5.71. The van der Waals surface area contributed by atoms with E-state index in [1.807, 2.05) is 0 Å². The zero-order valence-corrected chi connectivity index (χ0v) is 11.1. The molecule has 0 amide bonds. The van der Waals surface area contributed by atoms with E-state index in [1.165, 1.54) is 12.1 Å². The number of carbonyl (C=O) groups is 1. The van der Waals surface area contributed by atoms with Gasteiger partial charge in [-0.25, -0.2) is 4.39 Å². The van der Waals surface area contributed by atoms with Gasteiger partial charge in [0.2, 0.25) is 0 Å². The third-order valence-corrected chi connectivity index (χ3v) is 2.97. The van der Waals surface area contributed by atoms with Gasteiger partial charge in [0, 0.05) is 10.9 Å². The van der Waals surface area contributed by atoms with Crippen molar-refractivity contribution in [2.45, 2.75) is 25.0 Å². The molecule has 100 valence electrons. The van der Waals surface area contributed by atoms with Gasteiger partial charge >= 0.3 is 5.97 Å². The number of aliphatic hydroxyl groups excluding tert-OH is 2. The van der Waals surface area contributed by atoms with Gasteiger partial charge < -0.3 is 15.3 Å². The molecule has 0 aliphatic carbocycles. The number of carboxylic acid groups (broad SMARTS) is 1. The second-order valence-electron chi connectivity index (χ2n) is 3.92. The lowest BCUT2D eigenvalue weighted by atomic mass is 10.00. The predicted octanol–water partition coefficient (Wildman–Crippen LogP) is 1.63. The monoisotopic (exact) mass is 320 g/mol. The van der Waals surface area contributed by atoms with Gasteiger partial charge in [-0.3, -0.25) is 4.79 Å². The van der Waals surface area contributed by atoms with E-state index in [2.05, 4.69) is 15.9 Å². The Morgan fingerprint density at radius 2 is 2.06 bits per heavy atom. The van der Waals surface area contributed by atoms with Crippen molar-refractivity contribution < 1.29 is 24.5 Å². The fourth-order valence-electron chi connectivity index (χ4n) is 1.57. The summed E-state index contributed by atoms with van der Waals surface area (Å²) in [5.41, 5.74) is 0.281. The van der Waals surface area contributed by atoms with Crippen LogP contribution in [0.4, 0.5) is 4.39 Å². The van der Waals surface area contributed by atoms with Gasteiger partial charge in [-0.2, -0.15) is 0 Å². The van der Waals surface area contributed by atoms with Crippen molar-refractivity contribution in [3.63, 3.8) is 0 Å². The Labute approximate surface area is 112 Å². The van der Waals surface area contributed by atoms with Gasteiger partial charge in [0.15, 0.2) is 0 Å². The summed E-state index contributed by atoms with van der Waals surface area (Å²) in [6.45, 7) is 0. The van der Waals surface area contributed by atoms with Crippen molar-refractivity contribution in [3.05, 3.63) is 35.1 Å². The highest BCUT2D eigenvalue weighted by Crippen LogP contribution is 2.23. The fraction of sp³-hybridized carbons (Fsp3) is 0.417. The van der Waals surface area contributed by atoms with Crippen LogP contribution in [0.2, 0.25) is 0 Å². The predicted molar refractivity (Wildman–Crippen MR) is 67.1 cm³/mol. The second-order valence-corrected chi connectivity index (χ2v) is 4.71. The Hall–Kier alpha value is -0.980. The number of hydrogen-bond donors (Lipinski definition) is 3. The molecule has 6 heteroatoms. The van der Waals surface area contributed by atoms with Crippen LogP contribution in [0.5, 0.6) is 0 Å². The summed E-state index contributed by atoms with van der Waals surface area (Å²) in [7, 11) is 0. The molecule has 0 saturated heterocycles. The number of alkyl halides is 1. The molecule has 1 rings (SSSR count). The summed E-state index contributed by atoms with van der Waals surface area (Å²) >= 11 is 3.12. The molecule has 0 spiro atoms. The van der Waals surface area contributed by atoms with Crippen LogP contribution >= 0.6 is 15.9 Å². The van der Waals surface area contributed by atoms with Gasteiger partial charge in [0.1, 0.15) is 11.9 Å². The van der Waals surface area contributed by atoms with E-state index >= 15 is 0 Å². The summed E-state index contributed by atoms with van der Waals surface area (Å²) in [5, 5.41) is 28.4. The first-order chi connectivity index (χ1) is 8.45. The molecular formula is C12H14BrFO4. The Morgan fingerprint density at radius 3 is 2.56 bits per heavy atom. The largest absolute Gasteiger partial charge is 0.481 e. The average Bonchev–Trinajstić information content (AvgIpc) is 2.28. The first-order valence-electron chi connectivity index (χ1n) is 5.38. The first-order valence-corrected chi connectivity index (χ1v) is 6.50. The molecule has 0 radical (unpaired) electrons. The maximum Gasteiger partial charge on any atom is 0.307 e. The summed E-state index contributed by atoms with van der Waals surface area (Å²) in [4.78, 5) is 10.5. The van der Waals surface area contributed by atoms with Crippen LogP contribution in [0.1, 0.15) is 23.7 Å². The highest BCUT2D eigenvalue weighted by atomic mass is 79.9. The maximum absolute atomic E-state index is 13.7. The van der Waals surface area contributed by atoms with Crippen molar-refractivity contribution >= 4 is 21.9 Å². The number of aliphatic carboxylic acids is 1. The summed E-state index contributed by atoms with van der Waals surface area (Å²) in [5.74, 6) is -1.77. The van der Waals surface area contributed by atoms with Gasteiger partial charge in [-0.15, -0.1) is 0 Å². The number of hydrogen-bond acceptors (Lipinski definition) is 3. The minimum absolute atomic E-state index is 0.0300. The molecular weight excluding hydrogens is 307 g/mol. The topological polar surface area (TPSA) is 77.8 Å². The van der Waals surface area contributed by atoms with E-state index in [4.69, 9.17) is 5.11 Å². The standard InChI is InChI=1S/C12H14BrFO4/c13-4-3-10(15)12(18)8-2-1-7(5-9(8)14)6-11(16)17/h1-2,5,10,12,15,18H,3-4,6H2,(H,16,17). The lowest BCUT2D eigenvalue weighted by Crippen LogP contribution is -2.19. The summed E-state index contributed by atoms with van der Waals surface area (Å²) in [6.07, 6.45) is -2.38. The molecule has 2 unspecified atom stereocenters. The molecule has 0 heterocycles. The number of carboxylic acids is 1. The molecule has 0 aliphatic heterocycles. The molecule has 0 fully saturated rings. The lowest BCUT2D eigenvalue weighted by molar-refractivity contribution is -0.136. The van der Waals surface area contributed by atoms with Crippen LogP contribution in [0, 0.1) is 5.82 Å². The van der Waals surface area contributed by atoms with Crippen LogP contribution in [0.25, 0.3) is 0 Å². The number of aliphatic hydroxyl groups is 2. The SMILES string of the molecule is O=C(O)Cc1ccc(C(O)C(O)CCBr)c(F)c1. The lowest BCUT2D eigenvalue weighted by Gasteiger charge is -2.18. The quantitative estimate of drug-likeness (QED) is 0.696. The average molecular weight is 321 g/mol. The second kappa shape index (κ2) is 6.82. The van der Waals surface area contributed by atoms with E-state index < -0.39 is 24.0 Å². The number of halogens is 2. The van der Waals surface area contributed by atoms with Crippen molar-refractivity contribution in [2.75, 3.05) is 5.33 Å². The summed E-state index contributed by atoms with van der Waals surface area (Å²) in [6, 6.07) is 3.79. The highest BCUT2D eigenvalue weighted by Gasteiger charge is 2.21. The van der Waals surface area contributed by atoms with Crippen molar-refractivity contribution in [2.24, 2.45) is 0 Å². The van der Waals surface area contributed by atoms with Gasteiger partial charge in [-0.05, 0) is 18.1 Å². The Balaban J connectivity index is 2.87. The minimum atomic E-state index is -1.32. The van der Waals surface area contributed by atoms with E-state index in [1.54, 1.807) is 0 Å². The molecule has 0 aliphatic rings. The Morgan fingerprint density at radius 1 is 1.39 bits per heavy atom. The minimum Gasteiger partial charge on any atom is -0.481 e. The fourth-order valence-corrected chi connectivity index (χ4v) is 2.04. The normalized spacial score (nSPS) is 14.2. The van der Waals surface area contributed by atoms with Gasteiger partial charge in [-0.1, -0.05) is 28.1 Å². The van der Waals surface area contributed by atoms with Crippen LogP contribution < -0.4 is 0 Å². The van der Waals surface area contributed by atoms with Crippen LogP contribution in [0.15, 0.2) is 18.2 Å². The van der Waals surface area contributed by atoms with Crippen molar-refractivity contribution in [1.82, 2.24) is 0 Å². The smallest absolute Gasteiger partial charge is 0.307 e. The number of benzene rings is 1. The zero-order chi connectivity index (χ0) is 13.7. The van der Waals surface area contributed by atoms with Crippen molar-refractivity contribution in [3.8, 4) is 0 Å². The van der Waals surface area contributed by atoms with Crippen molar-refractivity contribution in [1.29, 1.82) is 0 Å². The van der Waals surface area contributed by atoms with Gasteiger partial charge in [0.05, 0.1) is 12.5 Å². The molecule has 0 saturated carbocycles. The van der Waals surface area contributed by atoms with E-state index in [9.17, 15) is 19.4 Å². The summed E-state index contributed by atoms with van der Waals surface area (Å²) < 4.78 is 13.7. The molecule has 1 aromatic rings. The molecule has 4 nitrogen and oxygen atoms in total. The van der Waals surface area contributed by atoms with Gasteiger partial charge in [0.25, 0.3) is 0 Å². The van der Waals surface area contributed by atoms with E-state index in [-0.39, 0.29) is 18.4 Å². The Bertz CT molecular complexity index is 425. The van der Waals surface area contributed by atoms with E-state index in [0.717, 1.165) is 6.07 Å². The molecule has 1 aromatic carbocycles.